The maximum atomic E-state index is 14.2. The maximum Gasteiger partial charge on any atom is 0.245 e. The third-order valence-corrected chi connectivity index (χ3v) is 5.89. The van der Waals surface area contributed by atoms with Crippen molar-refractivity contribution < 1.29 is 9.13 Å². The summed E-state index contributed by atoms with van der Waals surface area (Å²) < 4.78 is 19.5. The molecule has 37 heavy (non-hydrogen) atoms. The molecule has 1 aliphatic heterocycles. The fourth-order valence-corrected chi connectivity index (χ4v) is 4.02. The molecule has 0 unspecified atom stereocenters. The van der Waals surface area contributed by atoms with Crippen LogP contribution in [0.5, 0.6) is 0 Å². The zero-order chi connectivity index (χ0) is 25.3. The number of rotatable bonds is 7. The van der Waals surface area contributed by atoms with Crippen LogP contribution in [-0.2, 0) is 4.74 Å². The number of benzene rings is 1. The molecule has 188 valence electrons. The number of nitrogens with zero attached hydrogens (tertiary/aromatic N) is 5. The summed E-state index contributed by atoms with van der Waals surface area (Å²) in [6.45, 7) is 2.24. The molecule has 2 aromatic heterocycles. The summed E-state index contributed by atoms with van der Waals surface area (Å²) in [7, 11) is 0. The summed E-state index contributed by atoms with van der Waals surface area (Å²) in [5.74, 6) is -0.0170. The lowest BCUT2D eigenvalue weighted by molar-refractivity contribution is 0.122. The number of hydrogen-bond acceptors (Lipinski definition) is 8. The van der Waals surface area contributed by atoms with E-state index in [2.05, 4.69) is 73.3 Å². The van der Waals surface area contributed by atoms with Crippen molar-refractivity contribution in [2.45, 2.75) is 12.8 Å². The molecule has 0 saturated carbocycles. The van der Waals surface area contributed by atoms with Crippen LogP contribution in [0, 0.1) is 5.82 Å². The van der Waals surface area contributed by atoms with E-state index in [1.807, 2.05) is 29.2 Å². The van der Waals surface area contributed by atoms with E-state index < -0.39 is 5.82 Å². The molecule has 8 nitrogen and oxygen atoms in total. The summed E-state index contributed by atoms with van der Waals surface area (Å²) in [4.78, 5) is 14.5. The van der Waals surface area contributed by atoms with Crippen LogP contribution in [-0.4, -0.2) is 47.5 Å². The molecular weight excluding hydrogens is 469 g/mol. The predicted octanol–water partition coefficient (Wildman–Crippen LogP) is 5.33. The third kappa shape index (κ3) is 6.65. The van der Waals surface area contributed by atoms with Crippen LogP contribution in [0.4, 0.5) is 27.5 Å². The van der Waals surface area contributed by atoms with E-state index >= 15 is 0 Å². The van der Waals surface area contributed by atoms with Gasteiger partial charge in [0.05, 0.1) is 43.2 Å². The second-order valence-corrected chi connectivity index (χ2v) is 8.54. The van der Waals surface area contributed by atoms with Gasteiger partial charge in [0.15, 0.2) is 11.6 Å². The number of halogens is 1. The monoisotopic (exact) mass is 497 g/mol. The Balaban J connectivity index is 1.20. The standard InChI is InChI=1S/C28H28FN7O/c29-26-20-31-28(34-27(26)36-13-15-37-16-14-36)35-32-19-24-11-12-25(18-30-24)33-23-10-6-9-22(17-23)21-7-4-2-1-3-5-8-21/h1-2,4,6-12,17-20,33H,3,5,13-16H2,(H,31,34,35)/b2-1?,7-4?,21-8?,32-19+. The van der Waals surface area contributed by atoms with Gasteiger partial charge in [0.25, 0.3) is 0 Å². The highest BCUT2D eigenvalue weighted by atomic mass is 19.1. The highest BCUT2D eigenvalue weighted by molar-refractivity contribution is 5.79. The number of pyridine rings is 1. The zero-order valence-electron chi connectivity index (χ0n) is 20.3. The van der Waals surface area contributed by atoms with Crippen LogP contribution >= 0.6 is 0 Å². The Hall–Kier alpha value is -4.37. The largest absolute Gasteiger partial charge is 0.378 e. The SMILES string of the molecule is Fc1cnc(N/N=C/c2ccc(Nc3cccc(C4=CCCC=CC=C4)c3)cn2)nc1N1CCOCC1. The Kier molecular flexibility index (Phi) is 7.92. The van der Waals surface area contributed by atoms with Crippen LogP contribution in [0.3, 0.4) is 0 Å². The number of hydrogen-bond donors (Lipinski definition) is 2. The first-order chi connectivity index (χ1) is 18.2. The quantitative estimate of drug-likeness (QED) is 0.337. The lowest BCUT2D eigenvalue weighted by Crippen LogP contribution is -2.37. The van der Waals surface area contributed by atoms with Gasteiger partial charge in [-0.3, -0.25) is 4.98 Å². The average molecular weight is 498 g/mol. The van der Waals surface area contributed by atoms with E-state index in [0.29, 0.717) is 32.0 Å². The highest BCUT2D eigenvalue weighted by Gasteiger charge is 2.17. The molecule has 0 spiro atoms. The number of morpholine rings is 1. The zero-order valence-corrected chi connectivity index (χ0v) is 20.3. The number of anilines is 4. The van der Waals surface area contributed by atoms with Gasteiger partial charge in [-0.2, -0.15) is 10.1 Å². The van der Waals surface area contributed by atoms with Crippen LogP contribution < -0.4 is 15.6 Å². The average Bonchev–Trinajstić information content (AvgIpc) is 2.91. The fraction of sp³-hybridized carbons (Fsp3) is 0.214. The van der Waals surface area contributed by atoms with E-state index in [9.17, 15) is 4.39 Å². The third-order valence-electron chi connectivity index (χ3n) is 5.89. The fourth-order valence-electron chi connectivity index (χ4n) is 4.02. The molecule has 5 rings (SSSR count). The van der Waals surface area contributed by atoms with E-state index in [1.54, 1.807) is 12.4 Å². The van der Waals surface area contributed by atoms with E-state index in [4.69, 9.17) is 4.74 Å². The van der Waals surface area contributed by atoms with Crippen LogP contribution in [0.25, 0.3) is 5.57 Å². The molecule has 0 atom stereocenters. The van der Waals surface area contributed by atoms with Gasteiger partial charge < -0.3 is 15.0 Å². The number of nitrogens with one attached hydrogen (secondary N) is 2. The van der Waals surface area contributed by atoms with Crippen LogP contribution in [0.2, 0.25) is 0 Å². The van der Waals surface area contributed by atoms with Crippen molar-refractivity contribution in [3.8, 4) is 0 Å². The first-order valence-corrected chi connectivity index (χ1v) is 12.3. The summed E-state index contributed by atoms with van der Waals surface area (Å²) in [5, 5.41) is 7.56. The van der Waals surface area contributed by atoms with E-state index in [-0.39, 0.29) is 11.8 Å². The van der Waals surface area contributed by atoms with Crippen LogP contribution in [0.1, 0.15) is 24.1 Å². The molecule has 1 aromatic carbocycles. The molecule has 0 bridgehead atoms. The van der Waals surface area contributed by atoms with Crippen molar-refractivity contribution in [2.75, 3.05) is 41.9 Å². The van der Waals surface area contributed by atoms with Crippen molar-refractivity contribution in [3.63, 3.8) is 0 Å². The Morgan fingerprint density at radius 3 is 2.78 bits per heavy atom. The molecule has 3 heterocycles. The second kappa shape index (κ2) is 12.0. The predicted molar refractivity (Wildman–Crippen MR) is 146 cm³/mol. The Labute approximate surface area is 215 Å². The maximum absolute atomic E-state index is 14.2. The minimum absolute atomic E-state index is 0.211. The van der Waals surface area contributed by atoms with E-state index in [0.717, 1.165) is 30.4 Å². The van der Waals surface area contributed by atoms with Crippen molar-refractivity contribution >= 4 is 34.9 Å². The number of ether oxygens (including phenoxy) is 1. The molecular formula is C28H28FN7O. The van der Waals surface area contributed by atoms with Gasteiger partial charge in [-0.1, -0.05) is 42.5 Å². The van der Waals surface area contributed by atoms with Gasteiger partial charge in [0, 0.05) is 18.8 Å². The molecule has 3 aromatic rings. The summed E-state index contributed by atoms with van der Waals surface area (Å²) >= 11 is 0. The van der Waals surface area contributed by atoms with Gasteiger partial charge >= 0.3 is 0 Å². The van der Waals surface area contributed by atoms with Gasteiger partial charge in [0.1, 0.15) is 0 Å². The van der Waals surface area contributed by atoms with Gasteiger partial charge in [-0.05, 0) is 48.2 Å². The molecule has 1 fully saturated rings. The Morgan fingerprint density at radius 2 is 1.92 bits per heavy atom. The number of aromatic nitrogens is 3. The summed E-state index contributed by atoms with van der Waals surface area (Å²) in [6.07, 6.45) is 17.3. The summed E-state index contributed by atoms with van der Waals surface area (Å²) in [6, 6.07) is 12.1. The molecule has 0 radical (unpaired) electrons. The smallest absolute Gasteiger partial charge is 0.245 e. The first-order valence-electron chi connectivity index (χ1n) is 12.3. The molecule has 0 amide bonds. The molecule has 9 heteroatoms. The number of allylic oxidation sites excluding steroid dienone is 6. The topological polar surface area (TPSA) is 87.6 Å². The molecule has 2 aliphatic rings. The Bertz CT molecular complexity index is 1330. The normalized spacial score (nSPS) is 15.8. The summed E-state index contributed by atoms with van der Waals surface area (Å²) in [5.41, 5.74) is 7.64. The molecule has 1 saturated heterocycles. The van der Waals surface area contributed by atoms with Crippen molar-refractivity contribution in [3.05, 3.63) is 96.2 Å². The highest BCUT2D eigenvalue weighted by Crippen LogP contribution is 2.24. The van der Waals surface area contributed by atoms with Gasteiger partial charge in [-0.25, -0.2) is 14.8 Å². The minimum Gasteiger partial charge on any atom is -0.378 e. The van der Waals surface area contributed by atoms with Crippen molar-refractivity contribution in [1.82, 2.24) is 15.0 Å². The minimum atomic E-state index is -0.471. The lowest BCUT2D eigenvalue weighted by Gasteiger charge is -2.27. The van der Waals surface area contributed by atoms with E-state index in [1.165, 1.54) is 11.1 Å². The second-order valence-electron chi connectivity index (χ2n) is 8.54. The molecule has 1 aliphatic carbocycles. The Morgan fingerprint density at radius 1 is 1.00 bits per heavy atom. The van der Waals surface area contributed by atoms with Gasteiger partial charge in [-0.15, -0.1) is 0 Å². The van der Waals surface area contributed by atoms with Crippen molar-refractivity contribution in [2.24, 2.45) is 5.10 Å². The number of hydrazone groups is 1. The van der Waals surface area contributed by atoms with Gasteiger partial charge in [0.2, 0.25) is 5.95 Å². The van der Waals surface area contributed by atoms with Crippen molar-refractivity contribution in [1.29, 1.82) is 0 Å². The molecule has 2 N–H and O–H groups in total. The first kappa shape index (κ1) is 24.3. The lowest BCUT2D eigenvalue weighted by atomic mass is 10.0. The van der Waals surface area contributed by atoms with Crippen LogP contribution in [0.15, 0.2) is 84.3 Å².